The van der Waals surface area contributed by atoms with Gasteiger partial charge in [-0.3, -0.25) is 0 Å². The molecule has 0 N–H and O–H groups in total. The maximum absolute atomic E-state index is 5.47. The van der Waals surface area contributed by atoms with Crippen LogP contribution in [-0.2, 0) is 4.43 Å². The molecule has 0 aromatic carbocycles. The zero-order chi connectivity index (χ0) is 9.94. The van der Waals surface area contributed by atoms with Crippen LogP contribution in [0.25, 0.3) is 0 Å². The molecule has 0 amide bonds. The van der Waals surface area contributed by atoms with E-state index >= 15 is 0 Å². The van der Waals surface area contributed by atoms with Gasteiger partial charge in [0, 0.05) is 0 Å². The van der Waals surface area contributed by atoms with Crippen molar-refractivity contribution in [3.05, 3.63) is 7.11 Å². The van der Waals surface area contributed by atoms with Crippen LogP contribution in [0.3, 0.4) is 0 Å². The Balaban J connectivity index is 4.77. The van der Waals surface area contributed by atoms with Gasteiger partial charge in [0.05, 0.1) is 0 Å². The van der Waals surface area contributed by atoms with Crippen LogP contribution in [0.15, 0.2) is 0 Å². The van der Waals surface area contributed by atoms with Crippen molar-refractivity contribution in [1.29, 1.82) is 0 Å². The lowest BCUT2D eigenvalue weighted by atomic mass is 10.5. The molecule has 0 atom stereocenters. The zero-order valence-corrected chi connectivity index (χ0v) is 10.2. The average Bonchev–Trinajstić information content (AvgIpc) is 1.86. The van der Waals surface area contributed by atoms with Gasteiger partial charge in [0.1, 0.15) is 7.11 Å². The Morgan fingerprint density at radius 2 is 1.08 bits per heavy atom. The number of hydrogen-bond donors (Lipinski definition) is 0. The maximum Gasteiger partial charge on any atom is 0.201 e. The van der Waals surface area contributed by atoms with E-state index in [0.717, 1.165) is 0 Å². The second kappa shape index (κ2) is 4.42. The summed E-state index contributed by atoms with van der Waals surface area (Å²) in [7, 11) is 3.75. The fourth-order valence-corrected chi connectivity index (χ4v) is 7.22. The molecule has 0 aromatic heterocycles. The number of hydrogen-bond acceptors (Lipinski definition) is 1. The van der Waals surface area contributed by atoms with E-state index in [-0.39, 0.29) is 0 Å². The third-order valence-corrected chi connectivity index (χ3v) is 8.73. The normalized spacial score (nSPS) is 13.5. The van der Waals surface area contributed by atoms with Gasteiger partial charge in [-0.25, -0.2) is 0 Å². The highest BCUT2D eigenvalue weighted by Gasteiger charge is 2.43. The molecule has 0 saturated carbocycles. The first kappa shape index (κ1) is 12.2. The molecule has 0 aliphatic carbocycles. The summed E-state index contributed by atoms with van der Waals surface area (Å²) < 4.78 is 5.36. The van der Waals surface area contributed by atoms with Gasteiger partial charge < -0.3 is 4.43 Å². The third kappa shape index (κ3) is 1.91. The minimum Gasteiger partial charge on any atom is -0.408 e. The highest BCUT2D eigenvalue weighted by Crippen LogP contribution is 2.41. The smallest absolute Gasteiger partial charge is 0.201 e. The molecule has 2 radical (unpaired) electrons. The van der Waals surface area contributed by atoms with Crippen LogP contribution >= 0.6 is 0 Å². The summed E-state index contributed by atoms with van der Waals surface area (Å²) in [6.07, 6.45) is 0. The quantitative estimate of drug-likeness (QED) is 0.606. The molecular weight excluding hydrogens is 164 g/mol. The van der Waals surface area contributed by atoms with Crippen molar-refractivity contribution in [1.82, 2.24) is 0 Å². The van der Waals surface area contributed by atoms with Crippen molar-refractivity contribution in [2.45, 2.75) is 58.2 Å². The van der Waals surface area contributed by atoms with Gasteiger partial charge in [-0.1, -0.05) is 41.5 Å². The highest BCUT2D eigenvalue weighted by molar-refractivity contribution is 6.77. The zero-order valence-electron chi connectivity index (χ0n) is 9.22. The van der Waals surface area contributed by atoms with Crippen molar-refractivity contribution in [3.8, 4) is 0 Å². The van der Waals surface area contributed by atoms with Crippen LogP contribution in [0.4, 0.5) is 0 Å². The summed E-state index contributed by atoms with van der Waals surface area (Å²) in [5, 5.41) is 0. The summed E-state index contributed by atoms with van der Waals surface area (Å²) >= 11 is 0. The van der Waals surface area contributed by atoms with Gasteiger partial charge in [0.25, 0.3) is 0 Å². The minimum atomic E-state index is -1.72. The lowest BCUT2D eigenvalue weighted by Crippen LogP contribution is -2.46. The predicted octanol–water partition coefficient (Wildman–Crippen LogP) is 3.85. The second-order valence-electron chi connectivity index (χ2n) is 4.44. The Labute approximate surface area is 78.6 Å². The molecule has 0 rings (SSSR count). The van der Waals surface area contributed by atoms with Gasteiger partial charge in [0.15, 0.2) is 0 Å². The van der Waals surface area contributed by atoms with Crippen LogP contribution in [0.1, 0.15) is 41.5 Å². The van der Waals surface area contributed by atoms with Gasteiger partial charge in [-0.15, -0.1) is 0 Å². The first-order valence-electron chi connectivity index (χ1n) is 4.77. The van der Waals surface area contributed by atoms with Crippen LogP contribution in [0.5, 0.6) is 0 Å². The van der Waals surface area contributed by atoms with E-state index in [1.54, 1.807) is 0 Å². The standard InChI is InChI=1S/C10H22OSi/c1-8(2)12(11-7,9(3)4)10(5)6/h7-10H,1-6H3. The Hall–Kier alpha value is 0.177. The lowest BCUT2D eigenvalue weighted by Gasteiger charge is -2.40. The molecule has 0 spiro atoms. The van der Waals surface area contributed by atoms with Gasteiger partial charge in [0.2, 0.25) is 8.32 Å². The summed E-state index contributed by atoms with van der Waals surface area (Å²) in [5.41, 5.74) is 1.76. The van der Waals surface area contributed by atoms with E-state index in [2.05, 4.69) is 41.5 Å². The van der Waals surface area contributed by atoms with E-state index in [9.17, 15) is 0 Å². The molecule has 2 heteroatoms. The Morgan fingerprint density at radius 1 is 0.833 bits per heavy atom. The maximum atomic E-state index is 5.47. The average molecular weight is 186 g/mol. The van der Waals surface area contributed by atoms with Crippen LogP contribution in [0.2, 0.25) is 16.6 Å². The molecule has 1 nitrogen and oxygen atoms in total. The van der Waals surface area contributed by atoms with E-state index in [1.165, 1.54) is 0 Å². The monoisotopic (exact) mass is 186 g/mol. The fourth-order valence-electron chi connectivity index (χ4n) is 2.41. The van der Waals surface area contributed by atoms with E-state index in [4.69, 9.17) is 11.5 Å². The molecule has 0 aliphatic rings. The molecule has 0 saturated heterocycles. The van der Waals surface area contributed by atoms with Gasteiger partial charge in [-0.05, 0) is 16.6 Å². The Bertz CT molecular complexity index is 108. The molecule has 0 aromatic rings. The summed E-state index contributed by atoms with van der Waals surface area (Å²) in [6.45, 7) is 13.3. The number of rotatable bonds is 4. The topological polar surface area (TPSA) is 9.23 Å². The van der Waals surface area contributed by atoms with E-state index in [1.807, 2.05) is 0 Å². The van der Waals surface area contributed by atoms with Crippen molar-refractivity contribution >= 4 is 8.32 Å². The van der Waals surface area contributed by atoms with Crippen LogP contribution in [-0.4, -0.2) is 8.32 Å². The third-order valence-electron chi connectivity index (χ3n) is 2.91. The molecule has 0 fully saturated rings. The van der Waals surface area contributed by atoms with E-state index in [0.29, 0.717) is 16.6 Å². The SMILES string of the molecule is [CH]O[Si](C(C)C)(C(C)C)C(C)C. The molecule has 72 valence electrons. The van der Waals surface area contributed by atoms with Crippen molar-refractivity contribution < 1.29 is 4.43 Å². The minimum absolute atomic E-state index is 0.586. The molecule has 0 aliphatic heterocycles. The lowest BCUT2D eigenvalue weighted by molar-refractivity contribution is 0.409. The van der Waals surface area contributed by atoms with Gasteiger partial charge in [-0.2, -0.15) is 0 Å². The first-order valence-corrected chi connectivity index (χ1v) is 6.91. The highest BCUT2D eigenvalue weighted by atomic mass is 28.4. The second-order valence-corrected chi connectivity index (χ2v) is 9.84. The van der Waals surface area contributed by atoms with Crippen molar-refractivity contribution in [3.63, 3.8) is 0 Å². The molecule has 12 heavy (non-hydrogen) atoms. The fraction of sp³-hybridized carbons (Fsp3) is 0.900. The summed E-state index contributed by atoms with van der Waals surface area (Å²) in [5.74, 6) is 0. The summed E-state index contributed by atoms with van der Waals surface area (Å²) in [6, 6.07) is 0. The van der Waals surface area contributed by atoms with Crippen molar-refractivity contribution in [2.75, 3.05) is 0 Å². The molecule has 0 unspecified atom stereocenters. The Kier molecular flexibility index (Phi) is 4.49. The van der Waals surface area contributed by atoms with Crippen LogP contribution in [0, 0.1) is 7.11 Å². The predicted molar refractivity (Wildman–Crippen MR) is 56.4 cm³/mol. The Morgan fingerprint density at radius 3 is 1.08 bits per heavy atom. The van der Waals surface area contributed by atoms with E-state index < -0.39 is 8.32 Å². The summed E-state index contributed by atoms with van der Waals surface area (Å²) in [4.78, 5) is 0. The van der Waals surface area contributed by atoms with Gasteiger partial charge >= 0.3 is 0 Å². The first-order chi connectivity index (χ1) is 5.39. The molecule has 0 heterocycles. The molecular formula is C10H22OSi. The molecule has 0 bridgehead atoms. The largest absolute Gasteiger partial charge is 0.408 e. The van der Waals surface area contributed by atoms with Crippen molar-refractivity contribution in [2.24, 2.45) is 0 Å². The van der Waals surface area contributed by atoms with Crippen LogP contribution < -0.4 is 0 Å².